The fraction of sp³-hybridized carbons (Fsp3) is 0.350. The number of pyridine rings is 1. The SMILES string of the molecule is O=C(c1cccnc1)N1CCN(C(=O)C2CC(c3ccccc3)NN2)CC1. The average molecular weight is 365 g/mol. The second-order valence-corrected chi connectivity index (χ2v) is 6.90. The van der Waals surface area contributed by atoms with Crippen molar-refractivity contribution in [3.63, 3.8) is 0 Å². The molecule has 1 aromatic heterocycles. The molecule has 3 heterocycles. The fourth-order valence-electron chi connectivity index (χ4n) is 3.64. The Morgan fingerprint density at radius 3 is 2.37 bits per heavy atom. The summed E-state index contributed by atoms with van der Waals surface area (Å²) in [5.74, 6) is 0.0643. The number of rotatable bonds is 3. The Morgan fingerprint density at radius 2 is 1.67 bits per heavy atom. The van der Waals surface area contributed by atoms with Crippen LogP contribution in [0.1, 0.15) is 28.4 Å². The third kappa shape index (κ3) is 3.84. The number of hydrazine groups is 1. The predicted molar refractivity (Wildman–Crippen MR) is 101 cm³/mol. The number of carbonyl (C=O) groups is 2. The van der Waals surface area contributed by atoms with Crippen molar-refractivity contribution < 1.29 is 9.59 Å². The minimum Gasteiger partial charge on any atom is -0.338 e. The van der Waals surface area contributed by atoms with Gasteiger partial charge < -0.3 is 9.80 Å². The van der Waals surface area contributed by atoms with Crippen molar-refractivity contribution in [3.05, 3.63) is 66.0 Å². The molecule has 27 heavy (non-hydrogen) atoms. The van der Waals surface area contributed by atoms with Crippen LogP contribution in [-0.4, -0.2) is 58.8 Å². The van der Waals surface area contributed by atoms with Crippen molar-refractivity contribution in [1.82, 2.24) is 25.6 Å². The highest BCUT2D eigenvalue weighted by atomic mass is 16.2. The van der Waals surface area contributed by atoms with Crippen LogP contribution in [0.15, 0.2) is 54.9 Å². The summed E-state index contributed by atoms with van der Waals surface area (Å²) in [5.41, 5.74) is 8.12. The summed E-state index contributed by atoms with van der Waals surface area (Å²) in [6.45, 7) is 2.20. The number of aromatic nitrogens is 1. The van der Waals surface area contributed by atoms with Gasteiger partial charge in [-0.25, -0.2) is 10.9 Å². The molecule has 0 aliphatic carbocycles. The van der Waals surface area contributed by atoms with Gasteiger partial charge >= 0.3 is 0 Å². The molecular weight excluding hydrogens is 342 g/mol. The summed E-state index contributed by atoms with van der Waals surface area (Å²) in [7, 11) is 0. The summed E-state index contributed by atoms with van der Waals surface area (Å²) in [6.07, 6.45) is 3.95. The van der Waals surface area contributed by atoms with Gasteiger partial charge in [0.25, 0.3) is 5.91 Å². The van der Waals surface area contributed by atoms with Crippen molar-refractivity contribution >= 4 is 11.8 Å². The monoisotopic (exact) mass is 365 g/mol. The van der Waals surface area contributed by atoms with Crippen LogP contribution in [0.25, 0.3) is 0 Å². The molecule has 2 unspecified atom stereocenters. The number of amides is 2. The van der Waals surface area contributed by atoms with Gasteiger partial charge in [0, 0.05) is 44.6 Å². The van der Waals surface area contributed by atoms with Gasteiger partial charge in [-0.2, -0.15) is 0 Å². The standard InChI is InChI=1S/C20H23N5O2/c26-19(16-7-4-8-21-14-16)24-9-11-25(12-10-24)20(27)18-13-17(22-23-18)15-5-2-1-3-6-15/h1-8,14,17-18,22-23H,9-13H2. The maximum Gasteiger partial charge on any atom is 0.255 e. The van der Waals surface area contributed by atoms with Gasteiger partial charge in [-0.3, -0.25) is 14.6 Å². The lowest BCUT2D eigenvalue weighted by Gasteiger charge is -2.35. The van der Waals surface area contributed by atoms with Crippen LogP contribution in [0.5, 0.6) is 0 Å². The van der Waals surface area contributed by atoms with Crippen molar-refractivity contribution in [1.29, 1.82) is 0 Å². The molecule has 2 saturated heterocycles. The molecule has 2 amide bonds. The first-order valence-corrected chi connectivity index (χ1v) is 9.26. The number of hydrogen-bond acceptors (Lipinski definition) is 5. The first kappa shape index (κ1) is 17.6. The molecule has 7 nitrogen and oxygen atoms in total. The maximum absolute atomic E-state index is 12.8. The Bertz CT molecular complexity index is 791. The Hall–Kier alpha value is -2.77. The highest BCUT2D eigenvalue weighted by Gasteiger charge is 2.34. The third-order valence-electron chi connectivity index (χ3n) is 5.19. The van der Waals surface area contributed by atoms with Gasteiger partial charge in [-0.1, -0.05) is 30.3 Å². The van der Waals surface area contributed by atoms with Crippen LogP contribution in [0.2, 0.25) is 0 Å². The minimum absolute atomic E-state index is 0.0278. The smallest absolute Gasteiger partial charge is 0.255 e. The van der Waals surface area contributed by atoms with E-state index in [2.05, 4.69) is 28.0 Å². The number of nitrogens with one attached hydrogen (secondary N) is 2. The van der Waals surface area contributed by atoms with Crippen LogP contribution in [-0.2, 0) is 4.79 Å². The van der Waals surface area contributed by atoms with Crippen molar-refractivity contribution in [2.24, 2.45) is 0 Å². The zero-order chi connectivity index (χ0) is 18.6. The largest absolute Gasteiger partial charge is 0.338 e. The maximum atomic E-state index is 12.8. The van der Waals surface area contributed by atoms with Crippen LogP contribution < -0.4 is 10.9 Å². The Balaban J connectivity index is 1.31. The first-order valence-electron chi connectivity index (χ1n) is 9.26. The van der Waals surface area contributed by atoms with E-state index in [0.717, 1.165) is 6.42 Å². The molecule has 0 spiro atoms. The Kier molecular flexibility index (Phi) is 5.13. The molecular formula is C20H23N5O2. The minimum atomic E-state index is -0.240. The predicted octanol–water partition coefficient (Wildman–Crippen LogP) is 0.974. The highest BCUT2D eigenvalue weighted by molar-refractivity contribution is 5.94. The third-order valence-corrected chi connectivity index (χ3v) is 5.19. The zero-order valence-electron chi connectivity index (χ0n) is 15.0. The molecule has 0 bridgehead atoms. The number of benzene rings is 1. The number of carbonyl (C=O) groups excluding carboxylic acids is 2. The summed E-state index contributed by atoms with van der Waals surface area (Å²) in [6, 6.07) is 13.5. The van der Waals surface area contributed by atoms with Crippen molar-refractivity contribution in [2.75, 3.05) is 26.2 Å². The zero-order valence-corrected chi connectivity index (χ0v) is 15.0. The number of nitrogens with zero attached hydrogens (tertiary/aromatic N) is 3. The van der Waals surface area contributed by atoms with Gasteiger partial charge in [-0.05, 0) is 24.1 Å². The molecule has 2 fully saturated rings. The molecule has 1 aromatic carbocycles. The summed E-state index contributed by atoms with van der Waals surface area (Å²) < 4.78 is 0. The molecule has 2 aliphatic heterocycles. The Morgan fingerprint density at radius 1 is 0.926 bits per heavy atom. The number of piperazine rings is 1. The second-order valence-electron chi connectivity index (χ2n) is 6.90. The molecule has 0 saturated carbocycles. The van der Waals surface area contributed by atoms with E-state index in [9.17, 15) is 9.59 Å². The molecule has 4 rings (SSSR count). The van der Waals surface area contributed by atoms with E-state index in [-0.39, 0.29) is 23.9 Å². The topological polar surface area (TPSA) is 77.6 Å². The average Bonchev–Trinajstić information content (AvgIpc) is 3.24. The second kappa shape index (κ2) is 7.85. The van der Waals surface area contributed by atoms with Gasteiger partial charge in [0.2, 0.25) is 5.91 Å². The van der Waals surface area contributed by atoms with Gasteiger partial charge in [-0.15, -0.1) is 0 Å². The first-order chi connectivity index (χ1) is 13.2. The quantitative estimate of drug-likeness (QED) is 0.848. The highest BCUT2D eigenvalue weighted by Crippen LogP contribution is 2.23. The van der Waals surface area contributed by atoms with E-state index in [1.54, 1.807) is 29.4 Å². The molecule has 2 N–H and O–H groups in total. The number of hydrogen-bond donors (Lipinski definition) is 2. The van der Waals surface area contributed by atoms with E-state index in [1.165, 1.54) is 5.56 Å². The lowest BCUT2D eigenvalue weighted by atomic mass is 10.0. The van der Waals surface area contributed by atoms with Crippen molar-refractivity contribution in [3.8, 4) is 0 Å². The molecule has 7 heteroatoms. The van der Waals surface area contributed by atoms with Gasteiger partial charge in [0.1, 0.15) is 6.04 Å². The van der Waals surface area contributed by atoms with E-state index >= 15 is 0 Å². The van der Waals surface area contributed by atoms with Crippen LogP contribution >= 0.6 is 0 Å². The summed E-state index contributed by atoms with van der Waals surface area (Å²) >= 11 is 0. The lowest BCUT2D eigenvalue weighted by Crippen LogP contribution is -2.54. The molecule has 2 aromatic rings. The fourth-order valence-corrected chi connectivity index (χ4v) is 3.64. The molecule has 2 atom stereocenters. The summed E-state index contributed by atoms with van der Waals surface area (Å²) in [5, 5.41) is 0. The normalized spacial score (nSPS) is 22.7. The molecule has 2 aliphatic rings. The molecule has 0 radical (unpaired) electrons. The van der Waals surface area contributed by atoms with Gasteiger partial charge in [0.05, 0.1) is 5.56 Å². The van der Waals surface area contributed by atoms with Crippen LogP contribution in [0.3, 0.4) is 0 Å². The Labute approximate surface area is 158 Å². The lowest BCUT2D eigenvalue weighted by molar-refractivity contribution is -0.134. The van der Waals surface area contributed by atoms with E-state index < -0.39 is 0 Å². The van der Waals surface area contributed by atoms with Gasteiger partial charge in [0.15, 0.2) is 0 Å². The van der Waals surface area contributed by atoms with E-state index in [4.69, 9.17) is 0 Å². The summed E-state index contributed by atoms with van der Waals surface area (Å²) in [4.78, 5) is 33.0. The van der Waals surface area contributed by atoms with Crippen LogP contribution in [0.4, 0.5) is 0 Å². The van der Waals surface area contributed by atoms with E-state index in [1.807, 2.05) is 23.1 Å². The van der Waals surface area contributed by atoms with Crippen molar-refractivity contribution in [2.45, 2.75) is 18.5 Å². The van der Waals surface area contributed by atoms with Crippen LogP contribution in [0, 0.1) is 0 Å². The molecule has 140 valence electrons. The van der Waals surface area contributed by atoms with E-state index in [0.29, 0.717) is 31.7 Å².